The topological polar surface area (TPSA) is 84.5 Å². The van der Waals surface area contributed by atoms with Crippen molar-refractivity contribution in [1.82, 2.24) is 9.13 Å². The zero-order valence-corrected chi connectivity index (χ0v) is 23.1. The Hall–Kier alpha value is -4.84. The molecule has 0 saturated heterocycles. The van der Waals surface area contributed by atoms with E-state index in [-0.39, 0.29) is 29.0 Å². The van der Waals surface area contributed by atoms with Gasteiger partial charge in [-0.05, 0) is 63.9 Å². The molecule has 2 aromatic heterocycles. The Bertz CT molecular complexity index is 1680. The van der Waals surface area contributed by atoms with Gasteiger partial charge in [0.1, 0.15) is 11.5 Å². The molecule has 0 spiro atoms. The summed E-state index contributed by atoms with van der Waals surface area (Å²) < 4.78 is 3.08. The molecule has 2 heterocycles. The molecule has 0 radical (unpaired) electrons. The van der Waals surface area contributed by atoms with E-state index in [1.165, 1.54) is 9.13 Å². The third-order valence-corrected chi connectivity index (χ3v) is 7.38. The van der Waals surface area contributed by atoms with E-state index < -0.39 is 17.0 Å². The van der Waals surface area contributed by atoms with Crippen molar-refractivity contribution in [3.8, 4) is 22.9 Å². The van der Waals surface area contributed by atoms with Crippen LogP contribution in [0.1, 0.15) is 45.1 Å². The number of benzene rings is 3. The lowest BCUT2D eigenvalue weighted by molar-refractivity contribution is 0.447. The van der Waals surface area contributed by atoms with Crippen molar-refractivity contribution in [2.75, 3.05) is 0 Å². The summed E-state index contributed by atoms with van der Waals surface area (Å²) in [5.41, 5.74) is 4.60. The zero-order valence-electron chi connectivity index (χ0n) is 23.1. The highest BCUT2D eigenvalue weighted by Gasteiger charge is 2.30. The molecule has 5 rings (SSSR count). The second kappa shape index (κ2) is 10.7. The average molecular weight is 533 g/mol. The molecule has 2 N–H and O–H groups in total. The molecule has 0 saturated carbocycles. The molecule has 6 heteroatoms. The van der Waals surface area contributed by atoms with Crippen LogP contribution >= 0.6 is 0 Å². The van der Waals surface area contributed by atoms with Crippen LogP contribution < -0.4 is 11.1 Å². The Balaban J connectivity index is 1.81. The van der Waals surface area contributed by atoms with E-state index in [9.17, 15) is 19.8 Å². The van der Waals surface area contributed by atoms with Crippen molar-refractivity contribution in [1.29, 1.82) is 0 Å². The van der Waals surface area contributed by atoms with E-state index in [1.54, 1.807) is 26.0 Å². The summed E-state index contributed by atoms with van der Waals surface area (Å²) in [4.78, 5) is 28.4. The monoisotopic (exact) mass is 532 g/mol. The number of nitrogens with zero attached hydrogens (tertiary/aromatic N) is 2. The van der Waals surface area contributed by atoms with Crippen LogP contribution in [0.15, 0.2) is 101 Å². The highest BCUT2D eigenvalue weighted by Crippen LogP contribution is 2.36. The first-order valence-corrected chi connectivity index (χ1v) is 13.2. The Labute approximate surface area is 233 Å². The minimum absolute atomic E-state index is 0.0572. The number of aromatic hydroxyl groups is 2. The Morgan fingerprint density at radius 2 is 1.00 bits per heavy atom. The lowest BCUT2D eigenvalue weighted by atomic mass is 9.85. The fraction of sp³-hybridized carbons (Fsp3) is 0.176. The number of aromatic nitrogens is 2. The molecular weight excluding hydrogens is 500 g/mol. The van der Waals surface area contributed by atoms with Gasteiger partial charge in [0.05, 0.1) is 11.1 Å². The lowest BCUT2D eigenvalue weighted by Gasteiger charge is -2.23. The molecule has 6 nitrogen and oxygen atoms in total. The minimum atomic E-state index is -0.919. The Morgan fingerprint density at radius 3 is 1.40 bits per heavy atom. The van der Waals surface area contributed by atoms with Gasteiger partial charge < -0.3 is 10.2 Å². The van der Waals surface area contributed by atoms with Crippen molar-refractivity contribution in [3.05, 3.63) is 151 Å². The Morgan fingerprint density at radius 1 is 0.600 bits per heavy atom. The van der Waals surface area contributed by atoms with E-state index in [0.717, 1.165) is 16.7 Å². The number of aryl methyl sites for hydroxylation is 4. The maximum absolute atomic E-state index is 14.2. The first-order valence-electron chi connectivity index (χ1n) is 13.2. The predicted octanol–water partition coefficient (Wildman–Crippen LogP) is 6.01. The fourth-order valence-corrected chi connectivity index (χ4v) is 5.34. The third-order valence-electron chi connectivity index (χ3n) is 7.38. The molecule has 0 atom stereocenters. The first-order chi connectivity index (χ1) is 19.2. The van der Waals surface area contributed by atoms with Gasteiger partial charge in [-0.3, -0.25) is 18.7 Å². The van der Waals surface area contributed by atoms with Gasteiger partial charge in [-0.1, -0.05) is 65.7 Å². The van der Waals surface area contributed by atoms with E-state index in [4.69, 9.17) is 0 Å². The number of pyridine rings is 2. The molecule has 0 aliphatic rings. The molecule has 0 amide bonds. The summed E-state index contributed by atoms with van der Waals surface area (Å²) in [5, 5.41) is 22.5. The smallest absolute Gasteiger partial charge is 0.262 e. The van der Waals surface area contributed by atoms with Crippen molar-refractivity contribution in [3.63, 3.8) is 0 Å². The summed E-state index contributed by atoms with van der Waals surface area (Å²) in [7, 11) is 0. The average Bonchev–Trinajstić information content (AvgIpc) is 2.91. The van der Waals surface area contributed by atoms with Gasteiger partial charge in [0, 0.05) is 40.8 Å². The van der Waals surface area contributed by atoms with Gasteiger partial charge in [-0.15, -0.1) is 0 Å². The second-order valence-electron chi connectivity index (χ2n) is 10.4. The summed E-state index contributed by atoms with van der Waals surface area (Å²) in [5.74, 6) is -1.35. The van der Waals surface area contributed by atoms with Crippen LogP contribution in [0.4, 0.5) is 0 Å². The zero-order chi connectivity index (χ0) is 28.6. The van der Waals surface area contributed by atoms with Crippen molar-refractivity contribution < 1.29 is 10.2 Å². The van der Waals surface area contributed by atoms with Gasteiger partial charge in [0.25, 0.3) is 11.1 Å². The predicted molar refractivity (Wildman–Crippen MR) is 158 cm³/mol. The van der Waals surface area contributed by atoms with E-state index in [0.29, 0.717) is 22.8 Å². The van der Waals surface area contributed by atoms with Gasteiger partial charge in [0.2, 0.25) is 0 Å². The van der Waals surface area contributed by atoms with Crippen LogP contribution in [0.25, 0.3) is 11.4 Å². The summed E-state index contributed by atoms with van der Waals surface area (Å²) in [6.07, 6.45) is 0.223. The van der Waals surface area contributed by atoms with E-state index in [1.807, 2.05) is 92.7 Å². The largest absolute Gasteiger partial charge is 0.507 e. The molecule has 3 aromatic carbocycles. The normalized spacial score (nSPS) is 11.2. The summed E-state index contributed by atoms with van der Waals surface area (Å²) in [6, 6.07) is 27.6. The maximum atomic E-state index is 14.2. The summed E-state index contributed by atoms with van der Waals surface area (Å²) >= 11 is 0. The highest BCUT2D eigenvalue weighted by atomic mass is 16.3. The lowest BCUT2D eigenvalue weighted by Crippen LogP contribution is -2.32. The molecule has 0 aliphatic carbocycles. The summed E-state index contributed by atoms with van der Waals surface area (Å²) in [6.45, 7) is 7.45. The van der Waals surface area contributed by atoms with Gasteiger partial charge in [-0.25, -0.2) is 0 Å². The van der Waals surface area contributed by atoms with Crippen LogP contribution in [0.5, 0.6) is 11.5 Å². The minimum Gasteiger partial charge on any atom is -0.507 e. The van der Waals surface area contributed by atoms with Crippen molar-refractivity contribution in [2.45, 2.75) is 40.0 Å². The molecule has 40 heavy (non-hydrogen) atoms. The number of hydrogen-bond donors (Lipinski definition) is 2. The molecular formula is C34H32N2O4. The molecule has 0 bridgehead atoms. The van der Waals surface area contributed by atoms with Crippen molar-refractivity contribution in [2.24, 2.45) is 0 Å². The van der Waals surface area contributed by atoms with Gasteiger partial charge in [-0.2, -0.15) is 0 Å². The van der Waals surface area contributed by atoms with Gasteiger partial charge in [0.15, 0.2) is 0 Å². The van der Waals surface area contributed by atoms with E-state index in [2.05, 4.69) is 0 Å². The standard InChI is InChI=1S/C34H32N2O4/c1-21-10-14-26(15-11-21)35-23(3)18-29(37)31(33(35)39)28(20-25-8-6-5-7-9-25)32-30(38)19-24(4)36(34(32)40)27-16-12-22(2)13-17-27/h5-19,28,37-38H,20H2,1-4H3. The van der Waals surface area contributed by atoms with E-state index >= 15 is 0 Å². The second-order valence-corrected chi connectivity index (χ2v) is 10.4. The Kier molecular flexibility index (Phi) is 7.18. The molecule has 0 fully saturated rings. The molecule has 5 aromatic rings. The van der Waals surface area contributed by atoms with Crippen LogP contribution in [-0.4, -0.2) is 19.3 Å². The number of hydrogen-bond acceptors (Lipinski definition) is 4. The molecule has 0 unspecified atom stereocenters. The van der Waals surface area contributed by atoms with Crippen molar-refractivity contribution >= 4 is 0 Å². The fourth-order valence-electron chi connectivity index (χ4n) is 5.34. The first kappa shape index (κ1) is 26.8. The molecule has 0 aliphatic heterocycles. The SMILES string of the molecule is Cc1ccc(-n2c(C)cc(O)c(C(Cc3ccccc3)c3c(O)cc(C)n(-c4ccc(C)cc4)c3=O)c2=O)cc1. The third kappa shape index (κ3) is 4.96. The van der Waals surface area contributed by atoms with Gasteiger partial charge >= 0.3 is 0 Å². The maximum Gasteiger partial charge on any atom is 0.262 e. The van der Waals surface area contributed by atoms with Crippen LogP contribution in [0.2, 0.25) is 0 Å². The number of rotatable bonds is 6. The highest BCUT2D eigenvalue weighted by molar-refractivity contribution is 5.51. The molecule has 202 valence electrons. The quantitative estimate of drug-likeness (QED) is 0.281. The van der Waals surface area contributed by atoms with Crippen LogP contribution in [0, 0.1) is 27.7 Å². The van der Waals surface area contributed by atoms with Crippen LogP contribution in [-0.2, 0) is 6.42 Å². The van der Waals surface area contributed by atoms with Crippen LogP contribution in [0.3, 0.4) is 0 Å².